The van der Waals surface area contributed by atoms with E-state index in [0.29, 0.717) is 45.8 Å². The quantitative estimate of drug-likeness (QED) is 0.573. The molecule has 2 saturated heterocycles. The molecule has 1 atom stereocenters. The average molecular weight is 387 g/mol. The third-order valence-electron chi connectivity index (χ3n) is 5.65. The first-order valence-corrected chi connectivity index (χ1v) is 9.77. The molecule has 0 N–H and O–H groups in total. The van der Waals surface area contributed by atoms with E-state index in [1.807, 2.05) is 19.9 Å². The molecule has 2 aliphatic rings. The Hall–Kier alpha value is -2.14. The number of carbonyl (C=O) groups is 1. The van der Waals surface area contributed by atoms with Crippen molar-refractivity contribution in [1.29, 1.82) is 5.26 Å². The van der Waals surface area contributed by atoms with Gasteiger partial charge >= 0.3 is 0 Å². The molecule has 3 rings (SSSR count). The Morgan fingerprint density at radius 3 is 2.57 bits per heavy atom. The van der Waals surface area contributed by atoms with E-state index < -0.39 is 5.79 Å². The number of hydrogen-bond acceptors (Lipinski definition) is 5. The summed E-state index contributed by atoms with van der Waals surface area (Å²) in [7, 11) is 1.68. The number of hydrogen-bond donors (Lipinski definition) is 0. The Kier molecular flexibility index (Phi) is 6.23. The molecule has 1 amide bonds. The molecular formula is C21H29N3O4. The highest BCUT2D eigenvalue weighted by Crippen LogP contribution is 2.32. The van der Waals surface area contributed by atoms with Crippen molar-refractivity contribution >= 4 is 12.0 Å². The van der Waals surface area contributed by atoms with E-state index >= 15 is 0 Å². The second-order valence-electron chi connectivity index (χ2n) is 7.57. The van der Waals surface area contributed by atoms with E-state index in [0.717, 1.165) is 17.0 Å². The van der Waals surface area contributed by atoms with Crippen LogP contribution in [0.1, 0.15) is 42.8 Å². The van der Waals surface area contributed by atoms with Crippen molar-refractivity contribution in [2.75, 3.05) is 40.0 Å². The number of ether oxygens (including phenoxy) is 3. The Morgan fingerprint density at radius 1 is 1.36 bits per heavy atom. The van der Waals surface area contributed by atoms with E-state index in [2.05, 4.69) is 17.6 Å². The number of nitrogens with zero attached hydrogens (tertiary/aromatic N) is 3. The lowest BCUT2D eigenvalue weighted by Crippen LogP contribution is -2.47. The molecule has 28 heavy (non-hydrogen) atoms. The summed E-state index contributed by atoms with van der Waals surface area (Å²) in [6.07, 6.45) is 2.98. The molecule has 7 nitrogen and oxygen atoms in total. The second kappa shape index (κ2) is 8.48. The summed E-state index contributed by atoms with van der Waals surface area (Å²) in [5.41, 5.74) is 3.14. The fraction of sp³-hybridized carbons (Fsp3) is 0.619. The van der Waals surface area contributed by atoms with Crippen LogP contribution in [0.4, 0.5) is 0 Å². The zero-order valence-corrected chi connectivity index (χ0v) is 17.2. The largest absolute Gasteiger partial charge is 0.383 e. The second-order valence-corrected chi connectivity index (χ2v) is 7.57. The molecular weight excluding hydrogens is 358 g/mol. The van der Waals surface area contributed by atoms with Crippen LogP contribution in [0.3, 0.4) is 0 Å². The molecule has 2 fully saturated rings. The van der Waals surface area contributed by atoms with Gasteiger partial charge < -0.3 is 23.7 Å². The Bertz CT molecular complexity index is 789. The van der Waals surface area contributed by atoms with Gasteiger partial charge in [-0.05, 0) is 38.5 Å². The topological polar surface area (TPSA) is 76.7 Å². The van der Waals surface area contributed by atoms with E-state index in [-0.39, 0.29) is 17.5 Å². The molecule has 7 heteroatoms. The van der Waals surface area contributed by atoms with Gasteiger partial charge in [-0.3, -0.25) is 4.79 Å². The predicted octanol–water partition coefficient (Wildman–Crippen LogP) is 2.58. The van der Waals surface area contributed by atoms with Gasteiger partial charge in [0.25, 0.3) is 5.91 Å². The van der Waals surface area contributed by atoms with Crippen LogP contribution in [0.2, 0.25) is 0 Å². The first-order chi connectivity index (χ1) is 13.4. The molecule has 0 aromatic carbocycles. The monoisotopic (exact) mass is 387 g/mol. The summed E-state index contributed by atoms with van der Waals surface area (Å²) in [4.78, 5) is 14.6. The summed E-state index contributed by atoms with van der Waals surface area (Å²) < 4.78 is 18.9. The number of rotatable bonds is 5. The highest BCUT2D eigenvalue weighted by molar-refractivity contribution is 6.01. The first-order valence-electron chi connectivity index (χ1n) is 9.77. The van der Waals surface area contributed by atoms with Crippen LogP contribution < -0.4 is 0 Å². The van der Waals surface area contributed by atoms with Crippen LogP contribution in [-0.2, 0) is 19.0 Å². The van der Waals surface area contributed by atoms with Crippen molar-refractivity contribution in [3.8, 4) is 6.07 Å². The Labute approximate surface area is 166 Å². The number of piperidine rings is 1. The number of aromatic nitrogens is 1. The number of nitriles is 1. The molecule has 2 aliphatic heterocycles. The van der Waals surface area contributed by atoms with Crippen molar-refractivity contribution < 1.29 is 19.0 Å². The van der Waals surface area contributed by atoms with Crippen LogP contribution in [-0.4, -0.2) is 61.2 Å². The maximum atomic E-state index is 12.9. The van der Waals surface area contributed by atoms with Gasteiger partial charge in [0.05, 0.1) is 25.9 Å². The number of amides is 1. The van der Waals surface area contributed by atoms with Crippen LogP contribution in [0.25, 0.3) is 6.08 Å². The SMILES string of the molecule is COCC(C)n1c(C)cc(/C=C(\C#N)C(=O)N2CCC3(CC2)OCCO3)c1C. The molecule has 0 saturated carbocycles. The summed E-state index contributed by atoms with van der Waals surface area (Å²) in [5, 5.41) is 9.61. The van der Waals surface area contributed by atoms with Crippen molar-refractivity contribution in [3.05, 3.63) is 28.6 Å². The Balaban J connectivity index is 1.76. The van der Waals surface area contributed by atoms with Crippen LogP contribution in [0, 0.1) is 25.2 Å². The van der Waals surface area contributed by atoms with E-state index in [1.165, 1.54) is 0 Å². The molecule has 0 aliphatic carbocycles. The predicted molar refractivity (Wildman–Crippen MR) is 105 cm³/mol. The molecule has 3 heterocycles. The highest BCUT2D eigenvalue weighted by Gasteiger charge is 2.41. The number of aryl methyl sites for hydroxylation is 1. The standard InChI is InChI=1S/C21H29N3O4/c1-15-11-18(17(3)24(15)16(2)14-26-4)12-19(13-22)20(25)23-7-5-21(6-8-23)27-9-10-28-21/h11-12,16H,5-10,14H2,1-4H3/b19-12+. The van der Waals surface area contributed by atoms with Gasteiger partial charge in [0, 0.05) is 44.4 Å². The van der Waals surface area contributed by atoms with Gasteiger partial charge in [-0.1, -0.05) is 0 Å². The zero-order chi connectivity index (χ0) is 20.3. The summed E-state index contributed by atoms with van der Waals surface area (Å²) in [6.45, 7) is 8.99. The maximum Gasteiger partial charge on any atom is 0.264 e. The van der Waals surface area contributed by atoms with Crippen molar-refractivity contribution in [2.24, 2.45) is 0 Å². The van der Waals surface area contributed by atoms with Gasteiger partial charge in [0.1, 0.15) is 11.6 Å². The fourth-order valence-electron chi connectivity index (χ4n) is 4.25. The van der Waals surface area contributed by atoms with Gasteiger partial charge in [0.2, 0.25) is 0 Å². The molecule has 0 radical (unpaired) electrons. The maximum absolute atomic E-state index is 12.9. The molecule has 1 spiro atoms. The smallest absolute Gasteiger partial charge is 0.264 e. The minimum Gasteiger partial charge on any atom is -0.383 e. The highest BCUT2D eigenvalue weighted by atomic mass is 16.7. The van der Waals surface area contributed by atoms with Crippen molar-refractivity contribution in [1.82, 2.24) is 9.47 Å². The van der Waals surface area contributed by atoms with Crippen LogP contribution in [0.15, 0.2) is 11.6 Å². The normalized spacial score (nSPS) is 20.4. The number of likely N-dealkylation sites (tertiary alicyclic amines) is 1. The summed E-state index contributed by atoms with van der Waals surface area (Å²) >= 11 is 0. The van der Waals surface area contributed by atoms with Gasteiger partial charge in [0.15, 0.2) is 5.79 Å². The molecule has 1 aromatic heterocycles. The van der Waals surface area contributed by atoms with E-state index in [4.69, 9.17) is 14.2 Å². The molecule has 1 unspecified atom stereocenters. The lowest BCUT2D eigenvalue weighted by molar-refractivity contribution is -0.186. The van der Waals surface area contributed by atoms with Crippen LogP contribution >= 0.6 is 0 Å². The molecule has 1 aromatic rings. The molecule has 0 bridgehead atoms. The van der Waals surface area contributed by atoms with Gasteiger partial charge in [-0.2, -0.15) is 5.26 Å². The van der Waals surface area contributed by atoms with Gasteiger partial charge in [-0.25, -0.2) is 0 Å². The number of carbonyl (C=O) groups excluding carboxylic acids is 1. The lowest BCUT2D eigenvalue weighted by atomic mass is 10.0. The third-order valence-corrected chi connectivity index (χ3v) is 5.65. The lowest BCUT2D eigenvalue weighted by Gasteiger charge is -2.37. The van der Waals surface area contributed by atoms with Crippen LogP contribution in [0.5, 0.6) is 0 Å². The summed E-state index contributed by atoms with van der Waals surface area (Å²) in [6, 6.07) is 4.28. The van der Waals surface area contributed by atoms with E-state index in [1.54, 1.807) is 18.1 Å². The third kappa shape index (κ3) is 4.00. The number of methoxy groups -OCH3 is 1. The fourth-order valence-corrected chi connectivity index (χ4v) is 4.25. The van der Waals surface area contributed by atoms with E-state index in [9.17, 15) is 10.1 Å². The average Bonchev–Trinajstić information content (AvgIpc) is 3.24. The minimum atomic E-state index is -0.532. The first kappa shape index (κ1) is 20.6. The summed E-state index contributed by atoms with van der Waals surface area (Å²) in [5.74, 6) is -0.763. The Morgan fingerprint density at radius 2 is 2.00 bits per heavy atom. The minimum absolute atomic E-state index is 0.156. The van der Waals surface area contributed by atoms with Crippen molar-refractivity contribution in [3.63, 3.8) is 0 Å². The zero-order valence-electron chi connectivity index (χ0n) is 17.2. The van der Waals surface area contributed by atoms with Gasteiger partial charge in [-0.15, -0.1) is 0 Å². The van der Waals surface area contributed by atoms with Crippen molar-refractivity contribution in [2.45, 2.75) is 45.4 Å². The molecule has 152 valence electrons.